The summed E-state index contributed by atoms with van der Waals surface area (Å²) in [5, 5.41) is 30.3. The number of carbonyl (C=O) groups is 5. The zero-order chi connectivity index (χ0) is 38.9. The number of carboxylic acid groups (broad SMARTS) is 1. The summed E-state index contributed by atoms with van der Waals surface area (Å²) >= 11 is 0. The Kier molecular flexibility index (Phi) is 12.9. The number of likely N-dealkylation sites (tertiary alicyclic amines) is 1. The molecule has 6 atom stereocenters. The second kappa shape index (κ2) is 17.7. The van der Waals surface area contributed by atoms with Crippen molar-refractivity contribution < 1.29 is 34.2 Å². The van der Waals surface area contributed by atoms with Crippen molar-refractivity contribution in [2.45, 2.75) is 81.8 Å². The van der Waals surface area contributed by atoms with Gasteiger partial charge in [0, 0.05) is 53.7 Å². The van der Waals surface area contributed by atoms with Crippen molar-refractivity contribution in [2.24, 2.45) is 22.2 Å². The fourth-order valence-electron chi connectivity index (χ4n) is 6.79. The largest absolute Gasteiger partial charge is 0.480 e. The van der Waals surface area contributed by atoms with E-state index in [-0.39, 0.29) is 51.2 Å². The van der Waals surface area contributed by atoms with E-state index >= 15 is 0 Å². The first-order chi connectivity index (χ1) is 25.8. The summed E-state index contributed by atoms with van der Waals surface area (Å²) in [6, 6.07) is 8.91. The van der Waals surface area contributed by atoms with Gasteiger partial charge in [-0.2, -0.15) is 0 Å². The summed E-state index contributed by atoms with van der Waals surface area (Å²) in [7, 11) is 0. The first-order valence-electron chi connectivity index (χ1n) is 17.9. The number of aliphatic imine (C=N–C) groups is 1. The van der Waals surface area contributed by atoms with Gasteiger partial charge < -0.3 is 58.2 Å². The fraction of sp³-hybridized carbons (Fsp3) is 0.405. The average Bonchev–Trinajstić information content (AvgIpc) is 3.90. The molecule has 1 aliphatic heterocycles. The minimum absolute atomic E-state index is 0.000158. The van der Waals surface area contributed by atoms with Gasteiger partial charge >= 0.3 is 5.97 Å². The van der Waals surface area contributed by atoms with Crippen LogP contribution in [0.1, 0.15) is 43.7 Å². The van der Waals surface area contributed by atoms with Gasteiger partial charge in [0.15, 0.2) is 5.96 Å². The number of carboxylic acids is 1. The predicted molar refractivity (Wildman–Crippen MR) is 202 cm³/mol. The summed E-state index contributed by atoms with van der Waals surface area (Å²) in [5.74, 6) is -4.17. The number of rotatable bonds is 17. The lowest BCUT2D eigenvalue weighted by Gasteiger charge is -2.31. The molecule has 5 rings (SSSR count). The molecule has 288 valence electrons. The lowest BCUT2D eigenvalue weighted by molar-refractivity contribution is -0.146. The molecule has 0 spiro atoms. The van der Waals surface area contributed by atoms with Crippen molar-refractivity contribution in [2.75, 3.05) is 13.1 Å². The SMILES string of the molecule is C[C@@H](O)[C@H](NC(=O)[C@H](CCCN=C(N)N)NC(=O)[C@@H](N)Cc1c[nH]c2ccccc12)C(=O)N1CCC[C@H]1C(=O)N[C@@H](Cc1c[nH]c2ccccc12)C(=O)O. The molecule has 1 saturated heterocycles. The van der Waals surface area contributed by atoms with Gasteiger partial charge in [-0.15, -0.1) is 0 Å². The third-order valence-electron chi connectivity index (χ3n) is 9.63. The number of guanidine groups is 1. The maximum absolute atomic E-state index is 13.9. The molecule has 1 fully saturated rings. The van der Waals surface area contributed by atoms with Gasteiger partial charge in [0.05, 0.1) is 12.1 Å². The van der Waals surface area contributed by atoms with E-state index in [2.05, 4.69) is 30.9 Å². The number of aromatic amines is 2. The zero-order valence-corrected chi connectivity index (χ0v) is 30.0. The predicted octanol–water partition coefficient (Wildman–Crippen LogP) is -0.274. The van der Waals surface area contributed by atoms with E-state index in [1.54, 1.807) is 12.4 Å². The molecule has 0 radical (unpaired) electrons. The number of para-hydroxylation sites is 2. The number of H-pyrrole nitrogens is 2. The van der Waals surface area contributed by atoms with E-state index in [9.17, 15) is 34.2 Å². The van der Waals surface area contributed by atoms with Crippen LogP contribution in [0.3, 0.4) is 0 Å². The Labute approximate surface area is 311 Å². The van der Waals surface area contributed by atoms with Crippen LogP contribution in [0.5, 0.6) is 0 Å². The number of nitrogens with one attached hydrogen (secondary N) is 5. The molecule has 4 aromatic rings. The van der Waals surface area contributed by atoms with Crippen LogP contribution in [-0.4, -0.2) is 110 Å². The standard InChI is InChI=1S/C37H48N10O7/c1-20(48)31(35(52)47-15-7-13-30(47)34(51)45-29(36(53)54)17-22-19-43-27-11-5-3-9-24(22)27)46-33(50)28(12-6-14-41-37(39)40)44-32(49)25(38)16-21-18-42-26-10-4-2-8-23(21)26/h2-5,8-11,18-20,25,28-31,42-43,48H,6-7,12-17,38H2,1H3,(H,44,49)(H,45,51)(H,46,50)(H,53,54)(H4,39,40,41)/t20-,25+,28+,29+,30+,31+/m1/s1. The number of carbonyl (C=O) groups excluding carboxylic acids is 4. The van der Waals surface area contributed by atoms with Gasteiger partial charge in [-0.05, 0) is 62.3 Å². The monoisotopic (exact) mass is 744 g/mol. The lowest BCUT2D eigenvalue weighted by atomic mass is 10.0. The number of aliphatic carboxylic acids is 1. The van der Waals surface area contributed by atoms with Gasteiger partial charge in [-0.25, -0.2) is 4.79 Å². The molecule has 13 N–H and O–H groups in total. The number of hydrogen-bond acceptors (Lipinski definition) is 8. The lowest BCUT2D eigenvalue weighted by Crippen LogP contribution is -2.61. The molecule has 2 aromatic heterocycles. The van der Waals surface area contributed by atoms with Crippen LogP contribution in [0, 0.1) is 0 Å². The van der Waals surface area contributed by atoms with E-state index in [0.29, 0.717) is 12.0 Å². The second-order valence-corrected chi connectivity index (χ2v) is 13.6. The summed E-state index contributed by atoms with van der Waals surface area (Å²) in [6.45, 7) is 1.61. The van der Waals surface area contributed by atoms with Crippen LogP contribution in [0.15, 0.2) is 65.9 Å². The molecule has 2 aromatic carbocycles. The molecule has 0 bridgehead atoms. The first-order valence-corrected chi connectivity index (χ1v) is 17.9. The maximum atomic E-state index is 13.9. The van der Waals surface area contributed by atoms with Crippen LogP contribution in [0.25, 0.3) is 21.8 Å². The van der Waals surface area contributed by atoms with Crippen LogP contribution in [-0.2, 0) is 36.8 Å². The van der Waals surface area contributed by atoms with E-state index < -0.39 is 65.9 Å². The Morgan fingerprint density at radius 1 is 0.889 bits per heavy atom. The molecule has 17 nitrogen and oxygen atoms in total. The number of nitrogens with zero attached hydrogens (tertiary/aromatic N) is 2. The number of fused-ring (bicyclic) bond motifs is 2. The van der Waals surface area contributed by atoms with Gasteiger partial charge in [-0.3, -0.25) is 24.2 Å². The van der Waals surface area contributed by atoms with Gasteiger partial charge in [-0.1, -0.05) is 36.4 Å². The Morgan fingerprint density at radius 3 is 2.09 bits per heavy atom. The number of benzene rings is 2. The molecule has 0 saturated carbocycles. The van der Waals surface area contributed by atoms with Crippen LogP contribution < -0.4 is 33.2 Å². The fourth-order valence-corrected chi connectivity index (χ4v) is 6.79. The Hall–Kier alpha value is -5.94. The van der Waals surface area contributed by atoms with E-state index in [1.807, 2.05) is 48.5 Å². The number of aliphatic hydroxyl groups is 1. The van der Waals surface area contributed by atoms with Crippen molar-refractivity contribution in [3.8, 4) is 0 Å². The van der Waals surface area contributed by atoms with Crippen molar-refractivity contribution in [1.82, 2.24) is 30.8 Å². The minimum atomic E-state index is -1.50. The maximum Gasteiger partial charge on any atom is 0.326 e. The highest BCUT2D eigenvalue weighted by atomic mass is 16.4. The number of aromatic nitrogens is 2. The second-order valence-electron chi connectivity index (χ2n) is 13.6. The van der Waals surface area contributed by atoms with Gasteiger partial charge in [0.25, 0.3) is 0 Å². The minimum Gasteiger partial charge on any atom is -0.480 e. The van der Waals surface area contributed by atoms with Crippen molar-refractivity contribution >= 4 is 57.4 Å². The van der Waals surface area contributed by atoms with Crippen LogP contribution in [0.4, 0.5) is 0 Å². The Balaban J connectivity index is 1.26. The van der Waals surface area contributed by atoms with Crippen LogP contribution >= 0.6 is 0 Å². The highest BCUT2D eigenvalue weighted by Crippen LogP contribution is 2.23. The highest BCUT2D eigenvalue weighted by molar-refractivity contribution is 5.96. The van der Waals surface area contributed by atoms with E-state index in [1.165, 1.54) is 11.8 Å². The number of amides is 4. The molecule has 3 heterocycles. The van der Waals surface area contributed by atoms with E-state index in [4.69, 9.17) is 17.2 Å². The van der Waals surface area contributed by atoms with E-state index in [0.717, 1.165) is 27.4 Å². The molecule has 1 aliphatic rings. The molecule has 0 unspecified atom stereocenters. The number of nitrogens with two attached hydrogens (primary N) is 3. The molecule has 0 aliphatic carbocycles. The first kappa shape index (κ1) is 39.3. The Morgan fingerprint density at radius 2 is 1.50 bits per heavy atom. The number of aliphatic hydroxyl groups excluding tert-OH is 1. The average molecular weight is 745 g/mol. The Bertz CT molecular complexity index is 2000. The summed E-state index contributed by atoms with van der Waals surface area (Å²) in [6.07, 6.45) is 3.26. The smallest absolute Gasteiger partial charge is 0.326 e. The molecule has 4 amide bonds. The topological polar surface area (TPSA) is 287 Å². The van der Waals surface area contributed by atoms with Gasteiger partial charge in [0.2, 0.25) is 23.6 Å². The number of hydrogen-bond donors (Lipinski definition) is 10. The summed E-state index contributed by atoms with van der Waals surface area (Å²) in [5.41, 5.74) is 20.4. The van der Waals surface area contributed by atoms with Crippen molar-refractivity contribution in [1.29, 1.82) is 0 Å². The van der Waals surface area contributed by atoms with Gasteiger partial charge in [0.1, 0.15) is 24.2 Å². The molecule has 54 heavy (non-hydrogen) atoms. The van der Waals surface area contributed by atoms with Crippen molar-refractivity contribution in [3.63, 3.8) is 0 Å². The third kappa shape index (κ3) is 9.53. The molecular formula is C37H48N10O7. The third-order valence-corrected chi connectivity index (χ3v) is 9.63. The summed E-state index contributed by atoms with van der Waals surface area (Å²) in [4.78, 5) is 78.2. The van der Waals surface area contributed by atoms with Crippen LogP contribution in [0.2, 0.25) is 0 Å². The normalized spacial score (nSPS) is 16.9. The zero-order valence-electron chi connectivity index (χ0n) is 30.0. The summed E-state index contributed by atoms with van der Waals surface area (Å²) < 4.78 is 0. The quantitative estimate of drug-likeness (QED) is 0.0384. The molecular weight excluding hydrogens is 696 g/mol. The van der Waals surface area contributed by atoms with Crippen molar-refractivity contribution in [3.05, 3.63) is 72.1 Å². The molecule has 17 heteroatoms. The highest BCUT2D eigenvalue weighted by Gasteiger charge is 2.41.